The van der Waals surface area contributed by atoms with Crippen LogP contribution < -0.4 is 5.73 Å². The van der Waals surface area contributed by atoms with Crippen LogP contribution in [0.25, 0.3) is 0 Å². The molecular weight excluding hydrogens is 202 g/mol. The molecule has 0 aromatic carbocycles. The first kappa shape index (κ1) is 13.2. The predicted octanol–water partition coefficient (Wildman–Crippen LogP) is 3.16. The summed E-state index contributed by atoms with van der Waals surface area (Å²) in [7, 11) is 0. The van der Waals surface area contributed by atoms with Crippen molar-refractivity contribution in [2.45, 2.75) is 64.8 Å². The number of hydrogen-bond donors (Lipinski definition) is 1. The topological polar surface area (TPSA) is 64.9 Å². The molecule has 0 spiro atoms. The molecule has 0 amide bonds. The lowest BCUT2D eigenvalue weighted by Crippen LogP contribution is -2.08. The van der Waals surface area contributed by atoms with E-state index >= 15 is 0 Å². The van der Waals surface area contributed by atoms with E-state index in [1.807, 2.05) is 6.92 Å². The highest BCUT2D eigenvalue weighted by Gasteiger charge is 2.19. The molecule has 0 radical (unpaired) electrons. The van der Waals surface area contributed by atoms with E-state index in [0.717, 1.165) is 38.0 Å². The minimum Gasteiger partial charge on any atom is -0.423 e. The minimum absolute atomic E-state index is 0.120. The number of nitrogens with zero attached hydrogens (tertiary/aromatic N) is 2. The molecule has 0 saturated heterocycles. The Hall–Kier alpha value is -0.900. The van der Waals surface area contributed by atoms with Crippen molar-refractivity contribution in [1.29, 1.82) is 0 Å². The minimum atomic E-state index is -0.120. The Kier molecular flexibility index (Phi) is 5.46. The maximum atomic E-state index is 5.86. The molecular formula is C12H23N3O. The van der Waals surface area contributed by atoms with Crippen molar-refractivity contribution in [3.63, 3.8) is 0 Å². The van der Waals surface area contributed by atoms with Gasteiger partial charge >= 0.3 is 0 Å². The second kappa shape index (κ2) is 6.63. The first-order chi connectivity index (χ1) is 7.72. The zero-order valence-corrected chi connectivity index (χ0v) is 10.6. The van der Waals surface area contributed by atoms with Gasteiger partial charge in [0.15, 0.2) is 0 Å². The third kappa shape index (κ3) is 3.30. The second-order valence-electron chi connectivity index (χ2n) is 4.27. The second-order valence-corrected chi connectivity index (χ2v) is 4.27. The molecule has 4 nitrogen and oxygen atoms in total. The fraction of sp³-hybridized carbons (Fsp3) is 0.833. The molecule has 4 heteroatoms. The Bertz CT molecular complexity index is 292. The lowest BCUT2D eigenvalue weighted by Gasteiger charge is -2.09. The molecule has 0 aliphatic heterocycles. The van der Waals surface area contributed by atoms with Crippen LogP contribution in [0.15, 0.2) is 4.42 Å². The third-order valence-electron chi connectivity index (χ3n) is 2.84. The van der Waals surface area contributed by atoms with Gasteiger partial charge in [0.05, 0.1) is 6.04 Å². The standard InChI is InChI=1S/C12H23N3O/c1-4-7-9(8-5-2)11-14-15-12(16-11)10(13)6-3/h9-10H,4-8,13H2,1-3H3. The summed E-state index contributed by atoms with van der Waals surface area (Å²) in [4.78, 5) is 0. The Morgan fingerprint density at radius 3 is 2.12 bits per heavy atom. The summed E-state index contributed by atoms with van der Waals surface area (Å²) in [6.45, 7) is 6.37. The average Bonchev–Trinajstić information content (AvgIpc) is 2.77. The molecule has 1 atom stereocenters. The van der Waals surface area contributed by atoms with Crippen LogP contribution in [0.4, 0.5) is 0 Å². The van der Waals surface area contributed by atoms with Gasteiger partial charge in [0, 0.05) is 5.92 Å². The van der Waals surface area contributed by atoms with E-state index in [2.05, 4.69) is 24.0 Å². The normalized spacial score (nSPS) is 13.3. The van der Waals surface area contributed by atoms with E-state index in [9.17, 15) is 0 Å². The van der Waals surface area contributed by atoms with Crippen molar-refractivity contribution in [3.05, 3.63) is 11.8 Å². The number of aromatic nitrogens is 2. The Morgan fingerprint density at radius 1 is 1.06 bits per heavy atom. The van der Waals surface area contributed by atoms with Crippen molar-refractivity contribution < 1.29 is 4.42 Å². The number of rotatable bonds is 7. The van der Waals surface area contributed by atoms with Crippen molar-refractivity contribution in [2.24, 2.45) is 5.73 Å². The van der Waals surface area contributed by atoms with Gasteiger partial charge in [0.1, 0.15) is 0 Å². The summed E-state index contributed by atoms with van der Waals surface area (Å²) in [5.74, 6) is 1.75. The molecule has 0 fully saturated rings. The van der Waals surface area contributed by atoms with Crippen LogP contribution in [0.2, 0.25) is 0 Å². The molecule has 1 heterocycles. The van der Waals surface area contributed by atoms with Crippen LogP contribution in [0.5, 0.6) is 0 Å². The van der Waals surface area contributed by atoms with E-state index < -0.39 is 0 Å². The van der Waals surface area contributed by atoms with Gasteiger partial charge in [-0.3, -0.25) is 0 Å². The lowest BCUT2D eigenvalue weighted by atomic mass is 9.98. The van der Waals surface area contributed by atoms with Gasteiger partial charge in [0.25, 0.3) is 0 Å². The number of nitrogens with two attached hydrogens (primary N) is 1. The van der Waals surface area contributed by atoms with E-state index in [4.69, 9.17) is 10.2 Å². The van der Waals surface area contributed by atoms with Crippen molar-refractivity contribution in [3.8, 4) is 0 Å². The summed E-state index contributed by atoms with van der Waals surface area (Å²) >= 11 is 0. The SMILES string of the molecule is CCCC(CCC)c1nnc(C(N)CC)o1. The van der Waals surface area contributed by atoms with Gasteiger partial charge in [-0.15, -0.1) is 10.2 Å². The van der Waals surface area contributed by atoms with Crippen LogP contribution in [0, 0.1) is 0 Å². The van der Waals surface area contributed by atoms with Crippen molar-refractivity contribution >= 4 is 0 Å². The molecule has 1 aromatic rings. The Balaban J connectivity index is 2.72. The van der Waals surface area contributed by atoms with E-state index in [1.165, 1.54) is 0 Å². The molecule has 1 aromatic heterocycles. The van der Waals surface area contributed by atoms with Gasteiger partial charge in [-0.25, -0.2) is 0 Å². The first-order valence-corrected chi connectivity index (χ1v) is 6.31. The molecule has 2 N–H and O–H groups in total. The van der Waals surface area contributed by atoms with E-state index in [1.54, 1.807) is 0 Å². The third-order valence-corrected chi connectivity index (χ3v) is 2.84. The van der Waals surface area contributed by atoms with Crippen LogP contribution in [0.3, 0.4) is 0 Å². The largest absolute Gasteiger partial charge is 0.423 e. The van der Waals surface area contributed by atoms with E-state index in [-0.39, 0.29) is 6.04 Å². The Morgan fingerprint density at radius 2 is 1.62 bits per heavy atom. The van der Waals surface area contributed by atoms with E-state index in [0.29, 0.717) is 11.8 Å². The van der Waals surface area contributed by atoms with Gasteiger partial charge in [-0.2, -0.15) is 0 Å². The van der Waals surface area contributed by atoms with Gasteiger partial charge < -0.3 is 10.2 Å². The summed E-state index contributed by atoms with van der Waals surface area (Å²) in [6.07, 6.45) is 5.33. The number of hydrogen-bond acceptors (Lipinski definition) is 4. The fourth-order valence-corrected chi connectivity index (χ4v) is 1.82. The summed E-state index contributed by atoms with van der Waals surface area (Å²) in [6, 6.07) is -0.120. The maximum absolute atomic E-state index is 5.86. The highest BCUT2D eigenvalue weighted by molar-refractivity contribution is 4.94. The monoisotopic (exact) mass is 225 g/mol. The molecule has 16 heavy (non-hydrogen) atoms. The Labute approximate surface area is 97.6 Å². The highest BCUT2D eigenvalue weighted by Crippen LogP contribution is 2.26. The summed E-state index contributed by atoms with van der Waals surface area (Å²) < 4.78 is 5.66. The highest BCUT2D eigenvalue weighted by atomic mass is 16.4. The molecule has 1 rings (SSSR count). The first-order valence-electron chi connectivity index (χ1n) is 6.31. The van der Waals surface area contributed by atoms with Gasteiger partial charge in [0.2, 0.25) is 11.8 Å². The van der Waals surface area contributed by atoms with Gasteiger partial charge in [-0.1, -0.05) is 33.6 Å². The average molecular weight is 225 g/mol. The molecule has 0 bridgehead atoms. The molecule has 1 unspecified atom stereocenters. The van der Waals surface area contributed by atoms with Gasteiger partial charge in [-0.05, 0) is 19.3 Å². The summed E-state index contributed by atoms with van der Waals surface area (Å²) in [5.41, 5.74) is 5.86. The lowest BCUT2D eigenvalue weighted by molar-refractivity contribution is 0.369. The fourth-order valence-electron chi connectivity index (χ4n) is 1.82. The van der Waals surface area contributed by atoms with Crippen LogP contribution in [0.1, 0.15) is 76.6 Å². The molecule has 92 valence electrons. The predicted molar refractivity (Wildman–Crippen MR) is 64.1 cm³/mol. The quantitative estimate of drug-likeness (QED) is 0.774. The maximum Gasteiger partial charge on any atom is 0.233 e. The van der Waals surface area contributed by atoms with Crippen molar-refractivity contribution in [2.75, 3.05) is 0 Å². The molecule has 0 aliphatic carbocycles. The molecule has 0 aliphatic rings. The summed E-state index contributed by atoms with van der Waals surface area (Å²) in [5, 5.41) is 8.16. The van der Waals surface area contributed by atoms with Crippen molar-refractivity contribution in [1.82, 2.24) is 10.2 Å². The van der Waals surface area contributed by atoms with Crippen LogP contribution >= 0.6 is 0 Å². The zero-order valence-electron chi connectivity index (χ0n) is 10.6. The molecule has 0 saturated carbocycles. The van der Waals surface area contributed by atoms with Crippen LogP contribution in [-0.4, -0.2) is 10.2 Å². The zero-order chi connectivity index (χ0) is 12.0. The smallest absolute Gasteiger partial charge is 0.233 e. The van der Waals surface area contributed by atoms with Crippen LogP contribution in [-0.2, 0) is 0 Å².